The van der Waals surface area contributed by atoms with Crippen molar-refractivity contribution >= 4 is 92.9 Å². The van der Waals surface area contributed by atoms with Gasteiger partial charge in [0.15, 0.2) is 0 Å². The number of rotatable bonds is 5. The van der Waals surface area contributed by atoms with Gasteiger partial charge in [0.1, 0.15) is 0 Å². The van der Waals surface area contributed by atoms with E-state index in [-0.39, 0.29) is 0 Å². The van der Waals surface area contributed by atoms with Crippen LogP contribution in [0.3, 0.4) is 0 Å². The van der Waals surface area contributed by atoms with Crippen molar-refractivity contribution in [2.45, 2.75) is 24.2 Å². The van der Waals surface area contributed by atoms with E-state index in [0.29, 0.717) is 0 Å². The molecule has 0 spiro atoms. The van der Waals surface area contributed by atoms with E-state index in [0.717, 1.165) is 0 Å². The van der Waals surface area contributed by atoms with Crippen LogP contribution in [0.1, 0.15) is 19.8 Å². The number of unbranched alkanes of at least 4 members (excludes halogenated alkanes) is 1. The molecule has 13 heavy (non-hydrogen) atoms. The number of hydrogen-bond donors (Lipinski definition) is 0. The standard InChI is InChI=1S/C8H12I4Te/c1-2-3-5-13(11,12)6-4-8(10)7-9/h4,6-7H,2-3,5H2,1H3/b6-4-,8-7+. The van der Waals surface area contributed by atoms with Crippen LogP contribution < -0.4 is 0 Å². The molecule has 5 heteroatoms. The average Bonchev–Trinajstić information content (AvgIpc) is 2.11. The maximum absolute atomic E-state index is 2.71. The van der Waals surface area contributed by atoms with Gasteiger partial charge in [0.2, 0.25) is 0 Å². The zero-order valence-electron chi connectivity index (χ0n) is 7.27. The van der Waals surface area contributed by atoms with Crippen LogP contribution in [0.5, 0.6) is 0 Å². The molecule has 0 unspecified atom stereocenters. The van der Waals surface area contributed by atoms with Crippen LogP contribution in [0.15, 0.2) is 17.9 Å². The van der Waals surface area contributed by atoms with Gasteiger partial charge >= 0.3 is 135 Å². The van der Waals surface area contributed by atoms with Crippen LogP contribution in [0.2, 0.25) is 4.47 Å². The van der Waals surface area contributed by atoms with E-state index in [1.165, 1.54) is 20.9 Å². The number of allylic oxidation sites excluding steroid dienone is 2. The van der Waals surface area contributed by atoms with Crippen molar-refractivity contribution in [3.8, 4) is 0 Å². The molecular weight excluding hydrogens is 731 g/mol. The van der Waals surface area contributed by atoms with Crippen molar-refractivity contribution in [3.05, 3.63) is 17.9 Å². The van der Waals surface area contributed by atoms with Crippen molar-refractivity contribution in [1.29, 1.82) is 0 Å². The molecule has 0 aliphatic heterocycles. The first-order chi connectivity index (χ1) is 6.02. The van der Waals surface area contributed by atoms with E-state index in [1.807, 2.05) is 0 Å². The zero-order valence-corrected chi connectivity index (χ0v) is 18.2. The Morgan fingerprint density at radius 2 is 2.00 bits per heavy atom. The molecule has 78 valence electrons. The van der Waals surface area contributed by atoms with E-state index in [2.05, 4.69) is 104 Å². The Balaban J connectivity index is 4.07. The molecule has 0 saturated carbocycles. The summed E-state index contributed by atoms with van der Waals surface area (Å²) in [6, 6.07) is 0. The quantitative estimate of drug-likeness (QED) is 0.187. The third-order valence-electron chi connectivity index (χ3n) is 1.30. The second kappa shape index (κ2) is 9.24. The molecule has 0 aromatic heterocycles. The molecule has 0 nitrogen and oxygen atoms in total. The van der Waals surface area contributed by atoms with Gasteiger partial charge in [-0.25, -0.2) is 0 Å². The molecule has 0 atom stereocenters. The summed E-state index contributed by atoms with van der Waals surface area (Å²) in [5.41, 5.74) is 0. The summed E-state index contributed by atoms with van der Waals surface area (Å²) in [5, 5.41) is 0. The fraction of sp³-hybridized carbons (Fsp3) is 0.500. The van der Waals surface area contributed by atoms with E-state index >= 15 is 0 Å². The topological polar surface area (TPSA) is 0 Å². The number of hydrogen-bond acceptors (Lipinski definition) is 0. The summed E-state index contributed by atoms with van der Waals surface area (Å²) in [7, 11) is -1.60. The van der Waals surface area contributed by atoms with Gasteiger partial charge < -0.3 is 0 Å². The summed E-state index contributed by atoms with van der Waals surface area (Å²) >= 11 is 10.1. The molecule has 0 bridgehead atoms. The van der Waals surface area contributed by atoms with Gasteiger partial charge in [0.05, 0.1) is 0 Å². The Bertz CT molecular complexity index is 198. The van der Waals surface area contributed by atoms with Gasteiger partial charge in [-0.05, 0) is 0 Å². The maximum atomic E-state index is 2.71. The Kier molecular flexibility index (Phi) is 11.5. The van der Waals surface area contributed by atoms with E-state index in [4.69, 9.17) is 0 Å². The molecule has 0 N–H and O–H groups in total. The third kappa shape index (κ3) is 10.1. The van der Waals surface area contributed by atoms with E-state index < -0.39 is 10.3 Å². The van der Waals surface area contributed by atoms with Crippen molar-refractivity contribution < 1.29 is 0 Å². The van der Waals surface area contributed by atoms with E-state index in [1.54, 1.807) is 0 Å². The average molecular weight is 743 g/mol. The van der Waals surface area contributed by atoms with Gasteiger partial charge in [0, 0.05) is 0 Å². The molecular formula is C8H12I4Te. The van der Waals surface area contributed by atoms with E-state index in [9.17, 15) is 0 Å². The molecule has 0 heterocycles. The summed E-state index contributed by atoms with van der Waals surface area (Å²) in [6.07, 6.45) is 5.00. The Labute approximate surface area is 132 Å². The minimum atomic E-state index is -1.60. The second-order valence-electron chi connectivity index (χ2n) is 2.48. The van der Waals surface area contributed by atoms with Gasteiger partial charge in [-0.2, -0.15) is 0 Å². The predicted molar refractivity (Wildman–Crippen MR) is 98.8 cm³/mol. The minimum absolute atomic E-state index is 1.33. The van der Waals surface area contributed by atoms with Crippen LogP contribution in [0, 0.1) is 0 Å². The summed E-state index contributed by atoms with van der Waals surface area (Å²) in [6.45, 7) is 2.27. The van der Waals surface area contributed by atoms with Gasteiger partial charge in [-0.15, -0.1) is 0 Å². The molecule has 0 aromatic rings. The van der Waals surface area contributed by atoms with Crippen molar-refractivity contribution in [1.82, 2.24) is 0 Å². The SMILES string of the molecule is CCCC[Te](I)(I)/C=C\C(I)=C/I. The van der Waals surface area contributed by atoms with Gasteiger partial charge in [-0.3, -0.25) is 0 Å². The Morgan fingerprint density at radius 1 is 1.38 bits per heavy atom. The van der Waals surface area contributed by atoms with Crippen LogP contribution in [0.25, 0.3) is 0 Å². The summed E-state index contributed by atoms with van der Waals surface area (Å²) in [4.78, 5) is 0. The molecule has 0 saturated heterocycles. The molecule has 0 aromatic carbocycles. The normalized spacial score (nSPS) is 15.3. The molecule has 0 amide bonds. The number of halogens is 4. The van der Waals surface area contributed by atoms with Crippen LogP contribution >= 0.6 is 82.6 Å². The first-order valence-electron chi connectivity index (χ1n) is 3.86. The second-order valence-corrected chi connectivity index (χ2v) is 42.2. The third-order valence-corrected chi connectivity index (χ3v) is 17.6. The molecule has 0 aliphatic carbocycles. The van der Waals surface area contributed by atoms with Crippen LogP contribution in [-0.2, 0) is 0 Å². The van der Waals surface area contributed by atoms with Crippen LogP contribution in [0.4, 0.5) is 0 Å². The Morgan fingerprint density at radius 3 is 2.46 bits per heavy atom. The molecule has 0 radical (unpaired) electrons. The molecule has 0 rings (SSSR count). The zero-order chi connectivity index (χ0) is 10.3. The fourth-order valence-corrected chi connectivity index (χ4v) is 11.2. The molecule has 0 fully saturated rings. The predicted octanol–water partition coefficient (Wildman–Crippen LogP) is 5.91. The first-order valence-corrected chi connectivity index (χ1v) is 22.8. The van der Waals surface area contributed by atoms with Gasteiger partial charge in [-0.1, -0.05) is 0 Å². The monoisotopic (exact) mass is 746 g/mol. The fourth-order valence-electron chi connectivity index (χ4n) is 0.606. The van der Waals surface area contributed by atoms with Crippen LogP contribution in [-0.4, -0.2) is 10.3 Å². The van der Waals surface area contributed by atoms with Gasteiger partial charge in [0.25, 0.3) is 0 Å². The van der Waals surface area contributed by atoms with Crippen molar-refractivity contribution in [2.24, 2.45) is 0 Å². The molecule has 0 aliphatic rings. The summed E-state index contributed by atoms with van der Waals surface area (Å²) in [5.74, 6) is 0. The first kappa shape index (κ1) is 16.2. The summed E-state index contributed by atoms with van der Waals surface area (Å²) < 4.78 is 7.40. The van der Waals surface area contributed by atoms with Crippen molar-refractivity contribution in [2.75, 3.05) is 0 Å². The van der Waals surface area contributed by atoms with Crippen molar-refractivity contribution in [3.63, 3.8) is 0 Å². The Hall–Kier alpha value is 3.19.